The van der Waals surface area contributed by atoms with E-state index < -0.39 is 15.8 Å². The molecule has 0 spiro atoms. The average molecular weight is 433 g/mol. The van der Waals surface area contributed by atoms with E-state index in [2.05, 4.69) is 29.4 Å². The lowest BCUT2D eigenvalue weighted by Crippen LogP contribution is -2.21. The first kappa shape index (κ1) is 21.9. The van der Waals surface area contributed by atoms with Crippen LogP contribution in [0.2, 0.25) is 5.02 Å². The number of Topliss-reactive ketones (excluding diaryl/α,β-unsaturated/α-hetero) is 1. The summed E-state index contributed by atoms with van der Waals surface area (Å²) in [6.07, 6.45) is 0. The molecule has 0 saturated heterocycles. The molecular formula is C16H13ClN8O3S. The molecular weight excluding hydrogens is 420 g/mol. The molecule has 0 aliphatic heterocycles. The standard InChI is InChI=1S/C16H13ClN8O3S/c1-8-13(9(2)15(22-25-19)16(26)14(8)21-24-18)20-10(3)23-29(27,28)12-6-4-11(17)5-7-12/h4-7H,1-3H3/b23-10-. The summed E-state index contributed by atoms with van der Waals surface area (Å²) >= 11 is 5.76. The maximum atomic E-state index is 12.4. The molecule has 0 aromatic heterocycles. The van der Waals surface area contributed by atoms with E-state index in [0.29, 0.717) is 5.02 Å². The van der Waals surface area contributed by atoms with Crippen LogP contribution < -0.4 is 0 Å². The number of carbonyl (C=O) groups excluding carboxylic acids is 1. The van der Waals surface area contributed by atoms with Crippen molar-refractivity contribution < 1.29 is 13.2 Å². The van der Waals surface area contributed by atoms with Crippen LogP contribution in [0.25, 0.3) is 20.9 Å². The van der Waals surface area contributed by atoms with Gasteiger partial charge < -0.3 is 0 Å². The normalized spacial score (nSPS) is 15.1. The molecule has 1 aromatic carbocycles. The molecule has 148 valence electrons. The Labute approximate surface area is 170 Å². The zero-order valence-corrected chi connectivity index (χ0v) is 17.0. The number of nitrogens with zero attached hydrogens (tertiary/aromatic N) is 8. The third-order valence-electron chi connectivity index (χ3n) is 3.78. The molecule has 0 saturated carbocycles. The predicted molar refractivity (Wildman–Crippen MR) is 108 cm³/mol. The van der Waals surface area contributed by atoms with Gasteiger partial charge in [-0.1, -0.05) is 21.8 Å². The highest BCUT2D eigenvalue weighted by molar-refractivity contribution is 7.90. The molecule has 1 aliphatic carbocycles. The summed E-state index contributed by atoms with van der Waals surface area (Å²) in [5, 5.41) is 7.05. The van der Waals surface area contributed by atoms with Gasteiger partial charge in [0.1, 0.15) is 5.84 Å². The van der Waals surface area contributed by atoms with Crippen LogP contribution >= 0.6 is 11.6 Å². The van der Waals surface area contributed by atoms with Gasteiger partial charge in [-0.2, -0.15) is 8.42 Å². The topological polar surface area (TPSA) is 173 Å². The predicted octanol–water partition coefficient (Wildman–Crippen LogP) is 4.64. The zero-order valence-electron chi connectivity index (χ0n) is 15.4. The summed E-state index contributed by atoms with van der Waals surface area (Å²) in [5.74, 6) is -0.901. The van der Waals surface area contributed by atoms with Gasteiger partial charge in [0.2, 0.25) is 0 Å². The van der Waals surface area contributed by atoms with Gasteiger partial charge in [0.05, 0.1) is 22.0 Å². The third kappa shape index (κ3) is 4.71. The summed E-state index contributed by atoms with van der Waals surface area (Å²) in [5.41, 5.74) is 17.3. The van der Waals surface area contributed by atoms with Gasteiger partial charge in [-0.25, -0.2) is 4.99 Å². The molecule has 0 amide bonds. The Morgan fingerprint density at radius 2 is 1.48 bits per heavy atom. The summed E-state index contributed by atoms with van der Waals surface area (Å²) < 4.78 is 28.5. The largest absolute Gasteiger partial charge is 0.289 e. The third-order valence-corrected chi connectivity index (χ3v) is 5.40. The fourth-order valence-corrected chi connectivity index (χ4v) is 3.57. The summed E-state index contributed by atoms with van der Waals surface area (Å²) in [6.45, 7) is 4.29. The van der Waals surface area contributed by atoms with Crippen LogP contribution in [0.5, 0.6) is 0 Å². The molecule has 0 unspecified atom stereocenters. The number of rotatable bonds is 4. The molecule has 2 rings (SSSR count). The summed E-state index contributed by atoms with van der Waals surface area (Å²) in [4.78, 5) is 21.6. The molecule has 1 aromatic rings. The van der Waals surface area contributed by atoms with E-state index in [4.69, 9.17) is 22.7 Å². The first-order valence-corrected chi connectivity index (χ1v) is 9.67. The van der Waals surface area contributed by atoms with Crippen molar-refractivity contribution in [2.24, 2.45) is 19.6 Å². The highest BCUT2D eigenvalue weighted by Crippen LogP contribution is 2.27. The Hall–Kier alpha value is -3.43. The quantitative estimate of drug-likeness (QED) is 0.168. The van der Waals surface area contributed by atoms with E-state index in [1.165, 1.54) is 45.0 Å². The van der Waals surface area contributed by atoms with Crippen molar-refractivity contribution >= 4 is 39.0 Å². The van der Waals surface area contributed by atoms with Gasteiger partial charge in [0.15, 0.2) is 5.78 Å². The van der Waals surface area contributed by atoms with E-state index in [1.807, 2.05) is 0 Å². The second-order valence-corrected chi connectivity index (χ2v) is 7.72. The second-order valence-electron chi connectivity index (χ2n) is 5.68. The van der Waals surface area contributed by atoms with E-state index in [0.717, 1.165) is 0 Å². The van der Waals surface area contributed by atoms with Gasteiger partial charge in [-0.3, -0.25) is 4.79 Å². The fourth-order valence-electron chi connectivity index (χ4n) is 2.47. The second kappa shape index (κ2) is 8.72. The molecule has 29 heavy (non-hydrogen) atoms. The van der Waals surface area contributed by atoms with Gasteiger partial charge in [-0.05, 0) is 67.2 Å². The first-order chi connectivity index (χ1) is 13.6. The van der Waals surface area contributed by atoms with Crippen LogP contribution in [0.1, 0.15) is 20.8 Å². The number of hydrogen-bond donors (Lipinski definition) is 0. The van der Waals surface area contributed by atoms with Gasteiger partial charge >= 0.3 is 0 Å². The maximum absolute atomic E-state index is 12.4. The number of aliphatic imine (C=N–C) groups is 1. The van der Waals surface area contributed by atoms with Gasteiger partial charge in [-0.15, -0.1) is 4.40 Å². The van der Waals surface area contributed by atoms with Crippen molar-refractivity contribution in [3.8, 4) is 0 Å². The highest BCUT2D eigenvalue weighted by Gasteiger charge is 2.28. The maximum Gasteiger partial charge on any atom is 0.283 e. The minimum atomic E-state index is -4.06. The van der Waals surface area contributed by atoms with E-state index >= 15 is 0 Å². The van der Waals surface area contributed by atoms with E-state index in [9.17, 15) is 13.2 Å². The molecule has 0 N–H and O–H groups in total. The van der Waals surface area contributed by atoms with Crippen molar-refractivity contribution in [1.82, 2.24) is 0 Å². The van der Waals surface area contributed by atoms with E-state index in [-0.39, 0.29) is 39.0 Å². The van der Waals surface area contributed by atoms with Crippen LogP contribution in [-0.2, 0) is 14.8 Å². The SMILES string of the molecule is CC1=C(N=[N+]=[N-])C(=O)C(N=[N+]=[N-])=C(C)C1=N/C(C)=N\S(=O)(=O)c1ccc(Cl)cc1. The zero-order chi connectivity index (χ0) is 21.8. The van der Waals surface area contributed by atoms with Crippen molar-refractivity contribution in [1.29, 1.82) is 0 Å². The molecule has 1 aliphatic rings. The lowest BCUT2D eigenvalue weighted by Gasteiger charge is -2.18. The lowest BCUT2D eigenvalue weighted by atomic mass is 9.92. The minimum Gasteiger partial charge on any atom is -0.289 e. The van der Waals surface area contributed by atoms with Crippen LogP contribution in [0, 0.1) is 0 Å². The number of amidine groups is 1. The van der Waals surface area contributed by atoms with E-state index in [1.54, 1.807) is 0 Å². The van der Waals surface area contributed by atoms with Crippen molar-refractivity contribution in [2.75, 3.05) is 0 Å². The molecule has 0 fully saturated rings. The average Bonchev–Trinajstić information content (AvgIpc) is 2.66. The van der Waals surface area contributed by atoms with Gasteiger partial charge in [0.25, 0.3) is 10.0 Å². The Bertz CT molecular complexity index is 1170. The lowest BCUT2D eigenvalue weighted by molar-refractivity contribution is -0.112. The van der Waals surface area contributed by atoms with Crippen LogP contribution in [0.4, 0.5) is 0 Å². The molecule has 0 heterocycles. The number of benzene rings is 1. The minimum absolute atomic E-state index is 0.0793. The smallest absolute Gasteiger partial charge is 0.283 e. The Balaban J connectivity index is 2.63. The van der Waals surface area contributed by atoms with Crippen molar-refractivity contribution in [3.63, 3.8) is 0 Å². The van der Waals surface area contributed by atoms with Crippen LogP contribution in [-0.4, -0.2) is 25.7 Å². The molecule has 0 atom stereocenters. The summed E-state index contributed by atoms with van der Waals surface area (Å²) in [6, 6.07) is 5.43. The fraction of sp³-hybridized carbons (Fsp3) is 0.188. The number of halogens is 1. The Morgan fingerprint density at radius 3 is 1.93 bits per heavy atom. The van der Waals surface area contributed by atoms with Crippen LogP contribution in [0.3, 0.4) is 0 Å². The number of hydrogen-bond acceptors (Lipinski definition) is 5. The number of sulfonamides is 1. The molecule has 11 nitrogen and oxygen atoms in total. The molecule has 0 bridgehead atoms. The highest BCUT2D eigenvalue weighted by atomic mass is 35.5. The van der Waals surface area contributed by atoms with Crippen molar-refractivity contribution in [2.45, 2.75) is 25.7 Å². The number of ketones is 1. The Morgan fingerprint density at radius 1 is 1.00 bits per heavy atom. The first-order valence-electron chi connectivity index (χ1n) is 7.85. The number of carbonyl (C=O) groups is 1. The molecule has 0 radical (unpaired) electrons. The summed E-state index contributed by atoms with van der Waals surface area (Å²) in [7, 11) is -4.06. The number of azide groups is 2. The van der Waals surface area contributed by atoms with Crippen molar-refractivity contribution in [3.05, 3.63) is 72.7 Å². The Kier molecular flexibility index (Phi) is 6.57. The molecule has 13 heteroatoms. The number of allylic oxidation sites excluding steroid dienone is 2. The monoisotopic (exact) mass is 432 g/mol. The van der Waals surface area contributed by atoms with Gasteiger partial charge in [0, 0.05) is 14.8 Å². The van der Waals surface area contributed by atoms with Crippen LogP contribution in [0.15, 0.2) is 71.3 Å².